The van der Waals surface area contributed by atoms with Crippen molar-refractivity contribution < 1.29 is 17.9 Å². The van der Waals surface area contributed by atoms with Crippen LogP contribution in [-0.4, -0.2) is 26.7 Å². The Bertz CT molecular complexity index is 539. The van der Waals surface area contributed by atoms with Crippen molar-refractivity contribution in [3.05, 3.63) is 28.7 Å². The standard InChI is InChI=1S/C12H16BrNO4S/c1-8(2)11(12(15)14-19(3,16)17)18-10-6-4-9(13)5-7-10/h4-8,11H,1-3H3,(H,14,15)/t11-/m0/s1. The van der Waals surface area contributed by atoms with Crippen LogP contribution >= 0.6 is 15.9 Å². The van der Waals surface area contributed by atoms with Crippen molar-refractivity contribution >= 4 is 31.9 Å². The minimum atomic E-state index is -3.59. The van der Waals surface area contributed by atoms with Crippen molar-refractivity contribution in [1.29, 1.82) is 0 Å². The zero-order valence-corrected chi connectivity index (χ0v) is 13.3. The highest BCUT2D eigenvalue weighted by Crippen LogP contribution is 2.19. The number of halogens is 1. The summed E-state index contributed by atoms with van der Waals surface area (Å²) in [4.78, 5) is 11.8. The summed E-state index contributed by atoms with van der Waals surface area (Å²) in [6.45, 7) is 3.57. The van der Waals surface area contributed by atoms with Gasteiger partial charge in [0.1, 0.15) is 5.75 Å². The number of carbonyl (C=O) groups excluding carboxylic acids is 1. The lowest BCUT2D eigenvalue weighted by Gasteiger charge is -2.21. The molecule has 0 spiro atoms. The second-order valence-corrected chi connectivity index (χ2v) is 7.14. The normalized spacial score (nSPS) is 13.1. The van der Waals surface area contributed by atoms with Crippen LogP contribution in [0.2, 0.25) is 0 Å². The molecule has 106 valence electrons. The molecule has 1 rings (SSSR count). The highest BCUT2D eigenvalue weighted by molar-refractivity contribution is 9.10. The molecule has 0 heterocycles. The molecule has 19 heavy (non-hydrogen) atoms. The summed E-state index contributed by atoms with van der Waals surface area (Å²) in [6.07, 6.45) is 0.0675. The predicted molar refractivity (Wildman–Crippen MR) is 76.4 cm³/mol. The summed E-state index contributed by atoms with van der Waals surface area (Å²) in [5, 5.41) is 0. The number of sulfonamides is 1. The van der Waals surface area contributed by atoms with Crippen LogP contribution in [0.5, 0.6) is 5.75 Å². The molecule has 5 nitrogen and oxygen atoms in total. The molecule has 1 amide bonds. The largest absolute Gasteiger partial charge is 0.480 e. The van der Waals surface area contributed by atoms with Crippen LogP contribution in [0, 0.1) is 5.92 Å². The first kappa shape index (κ1) is 16.0. The Balaban J connectivity index is 2.84. The van der Waals surface area contributed by atoms with E-state index in [0.717, 1.165) is 10.7 Å². The highest BCUT2D eigenvalue weighted by atomic mass is 79.9. The van der Waals surface area contributed by atoms with Crippen LogP contribution in [0.3, 0.4) is 0 Å². The minimum absolute atomic E-state index is 0.162. The van der Waals surface area contributed by atoms with Gasteiger partial charge in [-0.05, 0) is 30.2 Å². The van der Waals surface area contributed by atoms with E-state index in [-0.39, 0.29) is 5.92 Å². The maximum absolute atomic E-state index is 11.8. The van der Waals surface area contributed by atoms with Crippen molar-refractivity contribution in [2.45, 2.75) is 20.0 Å². The molecule has 0 bridgehead atoms. The van der Waals surface area contributed by atoms with Crippen molar-refractivity contribution in [2.24, 2.45) is 5.92 Å². The van der Waals surface area contributed by atoms with E-state index in [4.69, 9.17) is 4.74 Å². The fourth-order valence-electron chi connectivity index (χ4n) is 1.39. The summed E-state index contributed by atoms with van der Waals surface area (Å²) in [5.74, 6) is -0.323. The van der Waals surface area contributed by atoms with E-state index < -0.39 is 22.0 Å². The summed E-state index contributed by atoms with van der Waals surface area (Å²) in [7, 11) is -3.59. The van der Waals surface area contributed by atoms with Gasteiger partial charge in [0.05, 0.1) is 6.26 Å². The molecular formula is C12H16BrNO4S. The molecule has 0 aliphatic carbocycles. The Morgan fingerprint density at radius 2 is 1.79 bits per heavy atom. The fraction of sp³-hybridized carbons (Fsp3) is 0.417. The minimum Gasteiger partial charge on any atom is -0.480 e. The Morgan fingerprint density at radius 3 is 2.21 bits per heavy atom. The van der Waals surface area contributed by atoms with Gasteiger partial charge in [0, 0.05) is 4.47 Å². The quantitative estimate of drug-likeness (QED) is 0.881. The average Bonchev–Trinajstić information content (AvgIpc) is 2.25. The Morgan fingerprint density at radius 1 is 1.26 bits per heavy atom. The van der Waals surface area contributed by atoms with Crippen molar-refractivity contribution in [2.75, 3.05) is 6.26 Å². The number of carbonyl (C=O) groups is 1. The van der Waals surface area contributed by atoms with Gasteiger partial charge in [-0.25, -0.2) is 8.42 Å². The molecule has 0 aliphatic heterocycles. The highest BCUT2D eigenvalue weighted by Gasteiger charge is 2.26. The van der Waals surface area contributed by atoms with Gasteiger partial charge in [0.15, 0.2) is 6.10 Å². The van der Waals surface area contributed by atoms with E-state index in [2.05, 4.69) is 15.9 Å². The molecule has 0 aliphatic rings. The zero-order chi connectivity index (χ0) is 14.6. The first-order valence-electron chi connectivity index (χ1n) is 5.63. The summed E-state index contributed by atoms with van der Waals surface area (Å²) in [6, 6.07) is 6.96. The molecule has 0 aromatic heterocycles. The molecule has 0 radical (unpaired) electrons. The lowest BCUT2D eigenvalue weighted by Crippen LogP contribution is -2.43. The molecule has 7 heteroatoms. The first-order chi connectivity index (χ1) is 8.69. The van der Waals surface area contributed by atoms with E-state index in [1.54, 1.807) is 38.1 Å². The van der Waals surface area contributed by atoms with Crippen LogP contribution in [-0.2, 0) is 14.8 Å². The lowest BCUT2D eigenvalue weighted by atomic mass is 10.1. The molecule has 0 saturated carbocycles. The van der Waals surface area contributed by atoms with Gasteiger partial charge in [0.2, 0.25) is 10.0 Å². The number of amides is 1. The molecule has 0 saturated heterocycles. The second kappa shape index (κ2) is 6.38. The Hall–Kier alpha value is -1.08. The molecule has 1 atom stereocenters. The van der Waals surface area contributed by atoms with E-state index in [1.165, 1.54) is 0 Å². The van der Waals surface area contributed by atoms with Crippen LogP contribution in [0.4, 0.5) is 0 Å². The number of hydrogen-bond acceptors (Lipinski definition) is 4. The van der Waals surface area contributed by atoms with Gasteiger partial charge in [-0.2, -0.15) is 0 Å². The molecule has 0 fully saturated rings. The van der Waals surface area contributed by atoms with Crippen LogP contribution in [0.1, 0.15) is 13.8 Å². The third-order valence-electron chi connectivity index (χ3n) is 2.23. The maximum atomic E-state index is 11.8. The van der Waals surface area contributed by atoms with E-state index in [9.17, 15) is 13.2 Å². The van der Waals surface area contributed by atoms with Gasteiger partial charge < -0.3 is 4.74 Å². The van der Waals surface area contributed by atoms with Gasteiger partial charge in [-0.1, -0.05) is 29.8 Å². The number of hydrogen-bond donors (Lipinski definition) is 1. The van der Waals surface area contributed by atoms with Gasteiger partial charge in [0.25, 0.3) is 5.91 Å². The first-order valence-corrected chi connectivity index (χ1v) is 8.31. The summed E-state index contributed by atoms with van der Waals surface area (Å²) < 4.78 is 30.5. The van der Waals surface area contributed by atoms with Gasteiger partial charge >= 0.3 is 0 Å². The number of benzene rings is 1. The molecule has 1 N–H and O–H groups in total. The second-order valence-electron chi connectivity index (χ2n) is 4.47. The topological polar surface area (TPSA) is 72.5 Å². The SMILES string of the molecule is CC(C)[C@H](Oc1ccc(Br)cc1)C(=O)NS(C)(=O)=O. The number of rotatable bonds is 5. The van der Waals surface area contributed by atoms with Crippen LogP contribution in [0.25, 0.3) is 0 Å². The summed E-state index contributed by atoms with van der Waals surface area (Å²) in [5.41, 5.74) is 0. The van der Waals surface area contributed by atoms with Crippen LogP contribution < -0.4 is 9.46 Å². The maximum Gasteiger partial charge on any atom is 0.274 e. The van der Waals surface area contributed by atoms with Crippen molar-refractivity contribution in [3.63, 3.8) is 0 Å². The van der Waals surface area contributed by atoms with Crippen molar-refractivity contribution in [3.8, 4) is 5.75 Å². The molecule has 0 unspecified atom stereocenters. The van der Waals surface area contributed by atoms with Crippen molar-refractivity contribution in [1.82, 2.24) is 4.72 Å². The lowest BCUT2D eigenvalue weighted by molar-refractivity contribution is -0.127. The summed E-state index contributed by atoms with van der Waals surface area (Å²) >= 11 is 3.30. The zero-order valence-electron chi connectivity index (χ0n) is 10.9. The molecular weight excluding hydrogens is 334 g/mol. The predicted octanol–water partition coefficient (Wildman–Crippen LogP) is 1.93. The molecule has 1 aromatic carbocycles. The van der Waals surface area contributed by atoms with Gasteiger partial charge in [-0.15, -0.1) is 0 Å². The Kier molecular flexibility index (Phi) is 5.37. The third-order valence-corrected chi connectivity index (χ3v) is 3.33. The molecule has 1 aromatic rings. The van der Waals surface area contributed by atoms with E-state index in [0.29, 0.717) is 5.75 Å². The van der Waals surface area contributed by atoms with E-state index in [1.807, 2.05) is 4.72 Å². The fourth-order valence-corrected chi connectivity index (χ4v) is 2.14. The number of nitrogens with one attached hydrogen (secondary N) is 1. The third kappa shape index (κ3) is 5.61. The smallest absolute Gasteiger partial charge is 0.274 e. The van der Waals surface area contributed by atoms with Crippen LogP contribution in [0.15, 0.2) is 28.7 Å². The van der Waals surface area contributed by atoms with E-state index >= 15 is 0 Å². The monoisotopic (exact) mass is 349 g/mol. The average molecular weight is 350 g/mol. The Labute approximate surface area is 121 Å². The number of ether oxygens (including phenoxy) is 1. The van der Waals surface area contributed by atoms with Gasteiger partial charge in [-0.3, -0.25) is 9.52 Å².